The van der Waals surface area contributed by atoms with Gasteiger partial charge in [-0.25, -0.2) is 0 Å². The molecule has 0 aliphatic rings. The van der Waals surface area contributed by atoms with E-state index in [9.17, 15) is 0 Å². The van der Waals surface area contributed by atoms with Crippen LogP contribution in [0, 0.1) is 6.92 Å². The first-order valence-corrected chi connectivity index (χ1v) is 5.44. The summed E-state index contributed by atoms with van der Waals surface area (Å²) < 4.78 is 5.34. The number of methoxy groups -OCH3 is 1. The summed E-state index contributed by atoms with van der Waals surface area (Å²) in [4.78, 5) is 4.17. The van der Waals surface area contributed by atoms with Crippen molar-refractivity contribution >= 4 is 0 Å². The molecule has 0 bridgehead atoms. The van der Waals surface area contributed by atoms with Gasteiger partial charge < -0.3 is 9.84 Å². The van der Waals surface area contributed by atoms with Crippen molar-refractivity contribution in [2.75, 3.05) is 7.11 Å². The second-order valence-electron chi connectivity index (χ2n) is 3.94. The van der Waals surface area contributed by atoms with Crippen LogP contribution in [-0.2, 0) is 6.61 Å². The highest BCUT2D eigenvalue weighted by atomic mass is 16.5. The van der Waals surface area contributed by atoms with E-state index in [0.29, 0.717) is 0 Å². The highest BCUT2D eigenvalue weighted by Crippen LogP contribution is 2.30. The molecule has 0 aliphatic heterocycles. The smallest absolute Gasteiger partial charge is 0.127 e. The lowest BCUT2D eigenvalue weighted by Gasteiger charge is -2.10. The molecule has 1 N–H and O–H groups in total. The first kappa shape index (κ1) is 11.6. The molecule has 0 atom stereocenters. The van der Waals surface area contributed by atoms with Crippen LogP contribution in [0.25, 0.3) is 11.1 Å². The van der Waals surface area contributed by atoms with E-state index in [1.54, 1.807) is 7.11 Å². The zero-order valence-corrected chi connectivity index (χ0v) is 9.97. The summed E-state index contributed by atoms with van der Waals surface area (Å²) in [7, 11) is 1.63. The molecule has 0 saturated carbocycles. The lowest BCUT2D eigenvalue weighted by atomic mass is 10.0. The molecule has 0 saturated heterocycles. The number of nitrogens with zero attached hydrogens (tertiary/aromatic N) is 1. The predicted octanol–water partition coefficient (Wildman–Crippen LogP) is 2.56. The number of aliphatic hydroxyl groups excluding tert-OH is 1. The fourth-order valence-electron chi connectivity index (χ4n) is 1.77. The number of aliphatic hydroxyl groups is 1. The van der Waals surface area contributed by atoms with E-state index in [-0.39, 0.29) is 6.61 Å². The molecular weight excluding hydrogens is 214 g/mol. The van der Waals surface area contributed by atoms with Crippen molar-refractivity contribution in [1.29, 1.82) is 0 Å². The molecule has 0 aliphatic carbocycles. The summed E-state index contributed by atoms with van der Waals surface area (Å²) in [5, 5.41) is 9.10. The van der Waals surface area contributed by atoms with E-state index >= 15 is 0 Å². The molecule has 2 aromatic rings. The number of rotatable bonds is 3. The number of aryl methyl sites for hydroxylation is 1. The first-order valence-electron chi connectivity index (χ1n) is 5.44. The van der Waals surface area contributed by atoms with Crippen LogP contribution in [0.5, 0.6) is 5.75 Å². The molecule has 0 radical (unpaired) electrons. The molecule has 1 aromatic carbocycles. The normalized spacial score (nSPS) is 10.3. The Morgan fingerprint density at radius 1 is 1.24 bits per heavy atom. The molecule has 1 heterocycles. The van der Waals surface area contributed by atoms with E-state index in [0.717, 1.165) is 28.0 Å². The van der Waals surface area contributed by atoms with Crippen LogP contribution in [0.4, 0.5) is 0 Å². The van der Waals surface area contributed by atoms with E-state index in [4.69, 9.17) is 9.84 Å². The summed E-state index contributed by atoms with van der Waals surface area (Å²) in [5.74, 6) is 0.754. The Hall–Kier alpha value is -1.87. The van der Waals surface area contributed by atoms with Gasteiger partial charge in [0.1, 0.15) is 5.75 Å². The van der Waals surface area contributed by atoms with Crippen molar-refractivity contribution in [2.45, 2.75) is 13.5 Å². The molecule has 0 unspecified atom stereocenters. The monoisotopic (exact) mass is 229 g/mol. The highest BCUT2D eigenvalue weighted by molar-refractivity contribution is 5.70. The van der Waals surface area contributed by atoms with Crippen LogP contribution in [0.15, 0.2) is 36.7 Å². The Kier molecular flexibility index (Phi) is 3.40. The van der Waals surface area contributed by atoms with Gasteiger partial charge in [-0.2, -0.15) is 0 Å². The molecule has 17 heavy (non-hydrogen) atoms. The second kappa shape index (κ2) is 4.97. The minimum atomic E-state index is 0.0166. The predicted molar refractivity (Wildman–Crippen MR) is 66.9 cm³/mol. The van der Waals surface area contributed by atoms with Gasteiger partial charge in [0.05, 0.1) is 13.7 Å². The van der Waals surface area contributed by atoms with Gasteiger partial charge in [0.15, 0.2) is 0 Å². The van der Waals surface area contributed by atoms with Gasteiger partial charge in [0, 0.05) is 23.5 Å². The van der Waals surface area contributed by atoms with Crippen molar-refractivity contribution in [3.63, 3.8) is 0 Å². The van der Waals surface area contributed by atoms with Gasteiger partial charge in [0.25, 0.3) is 0 Å². The average Bonchev–Trinajstić information content (AvgIpc) is 2.38. The maximum atomic E-state index is 9.10. The van der Waals surface area contributed by atoms with E-state index in [2.05, 4.69) is 11.1 Å². The lowest BCUT2D eigenvalue weighted by Crippen LogP contribution is -1.92. The third kappa shape index (κ3) is 2.45. The number of ether oxygens (including phenoxy) is 1. The van der Waals surface area contributed by atoms with E-state index < -0.39 is 0 Å². The highest BCUT2D eigenvalue weighted by Gasteiger charge is 2.07. The van der Waals surface area contributed by atoms with Crippen LogP contribution >= 0.6 is 0 Å². The first-order chi connectivity index (χ1) is 8.24. The number of benzene rings is 1. The Morgan fingerprint density at radius 2 is 2.06 bits per heavy atom. The third-order valence-corrected chi connectivity index (χ3v) is 2.63. The zero-order valence-electron chi connectivity index (χ0n) is 9.97. The molecule has 2 rings (SSSR count). The average molecular weight is 229 g/mol. The molecule has 0 spiro atoms. The van der Waals surface area contributed by atoms with Crippen LogP contribution < -0.4 is 4.74 Å². The Labute approximate surface area is 101 Å². The standard InChI is InChI=1S/C14H15NO2/c1-10-5-12(8-15-7-10)13-4-3-11(9-16)6-14(13)17-2/h3-8,16H,9H2,1-2H3. The van der Waals surface area contributed by atoms with Gasteiger partial charge in [-0.3, -0.25) is 4.98 Å². The maximum Gasteiger partial charge on any atom is 0.127 e. The quantitative estimate of drug-likeness (QED) is 0.879. The molecular formula is C14H15NO2. The van der Waals surface area contributed by atoms with Crippen molar-refractivity contribution in [2.24, 2.45) is 0 Å². The zero-order chi connectivity index (χ0) is 12.3. The summed E-state index contributed by atoms with van der Waals surface area (Å²) in [6.45, 7) is 2.02. The van der Waals surface area contributed by atoms with E-state index in [1.807, 2.05) is 37.5 Å². The van der Waals surface area contributed by atoms with Crippen LogP contribution in [0.1, 0.15) is 11.1 Å². The largest absolute Gasteiger partial charge is 0.496 e. The van der Waals surface area contributed by atoms with Gasteiger partial charge in [-0.05, 0) is 30.2 Å². The van der Waals surface area contributed by atoms with Crippen molar-refractivity contribution < 1.29 is 9.84 Å². The van der Waals surface area contributed by atoms with Crippen molar-refractivity contribution in [3.8, 4) is 16.9 Å². The molecule has 0 amide bonds. The lowest BCUT2D eigenvalue weighted by molar-refractivity contribution is 0.281. The Balaban J connectivity index is 2.51. The van der Waals surface area contributed by atoms with Crippen LogP contribution in [0.2, 0.25) is 0 Å². The fraction of sp³-hybridized carbons (Fsp3) is 0.214. The third-order valence-electron chi connectivity index (χ3n) is 2.63. The van der Waals surface area contributed by atoms with Gasteiger partial charge in [-0.15, -0.1) is 0 Å². The molecule has 3 nitrogen and oxygen atoms in total. The van der Waals surface area contributed by atoms with Crippen LogP contribution in [0.3, 0.4) is 0 Å². The number of hydrogen-bond acceptors (Lipinski definition) is 3. The minimum Gasteiger partial charge on any atom is -0.496 e. The summed E-state index contributed by atoms with van der Waals surface area (Å²) >= 11 is 0. The number of pyridine rings is 1. The second-order valence-corrected chi connectivity index (χ2v) is 3.94. The Morgan fingerprint density at radius 3 is 2.71 bits per heavy atom. The molecule has 88 valence electrons. The maximum absolute atomic E-state index is 9.10. The van der Waals surface area contributed by atoms with E-state index in [1.165, 1.54) is 0 Å². The van der Waals surface area contributed by atoms with Gasteiger partial charge >= 0.3 is 0 Å². The molecule has 1 aromatic heterocycles. The summed E-state index contributed by atoms with van der Waals surface area (Å²) in [6, 6.07) is 7.74. The fourth-order valence-corrected chi connectivity index (χ4v) is 1.77. The van der Waals surface area contributed by atoms with Crippen LogP contribution in [-0.4, -0.2) is 17.2 Å². The summed E-state index contributed by atoms with van der Waals surface area (Å²) in [6.07, 6.45) is 3.63. The summed E-state index contributed by atoms with van der Waals surface area (Å²) in [5.41, 5.74) is 3.95. The number of hydrogen-bond donors (Lipinski definition) is 1. The molecule has 3 heteroatoms. The van der Waals surface area contributed by atoms with Crippen molar-refractivity contribution in [1.82, 2.24) is 4.98 Å². The topological polar surface area (TPSA) is 42.4 Å². The number of aromatic nitrogens is 1. The van der Waals surface area contributed by atoms with Gasteiger partial charge in [-0.1, -0.05) is 12.1 Å². The molecule has 0 fully saturated rings. The van der Waals surface area contributed by atoms with Gasteiger partial charge in [0.2, 0.25) is 0 Å². The Bertz CT molecular complexity index is 523. The SMILES string of the molecule is COc1cc(CO)ccc1-c1cncc(C)c1. The minimum absolute atomic E-state index is 0.0166. The van der Waals surface area contributed by atoms with Crippen molar-refractivity contribution in [3.05, 3.63) is 47.8 Å².